The Morgan fingerprint density at radius 3 is 2.48 bits per heavy atom. The van der Waals surface area contributed by atoms with Gasteiger partial charge in [0, 0.05) is 7.05 Å². The summed E-state index contributed by atoms with van der Waals surface area (Å²) in [5.41, 5.74) is 0.945. The van der Waals surface area contributed by atoms with E-state index in [1.54, 1.807) is 18.6 Å². The van der Waals surface area contributed by atoms with E-state index in [0.717, 1.165) is 27.0 Å². The lowest BCUT2D eigenvalue weighted by Gasteiger charge is -2.20. The van der Waals surface area contributed by atoms with E-state index < -0.39 is 10.0 Å². The minimum Gasteiger partial charge on any atom is -0.497 e. The summed E-state index contributed by atoms with van der Waals surface area (Å²) in [7, 11) is -0.631. The minimum absolute atomic E-state index is 0.184. The van der Waals surface area contributed by atoms with Crippen LogP contribution >= 0.6 is 11.3 Å². The Labute approximate surface area is 152 Å². The highest BCUT2D eigenvalue weighted by Gasteiger charge is 2.24. The summed E-state index contributed by atoms with van der Waals surface area (Å²) in [4.78, 5) is 12.3. The van der Waals surface area contributed by atoms with Gasteiger partial charge in [-0.1, -0.05) is 25.1 Å². The van der Waals surface area contributed by atoms with E-state index in [-0.39, 0.29) is 22.7 Å². The molecule has 1 aromatic heterocycles. The number of carbonyl (C=O) groups excluding carboxylic acids is 1. The maximum Gasteiger partial charge on any atom is 0.252 e. The standard InChI is InChI=1S/C17H22N2O4S2/c1-4-15(13-7-9-14(23-3)10-8-13)18-16(20)12-19(2)25(21,22)17-6-5-11-24-17/h5-11,15H,4,12H2,1-3H3,(H,18,20). The highest BCUT2D eigenvalue weighted by atomic mass is 32.2. The van der Waals surface area contributed by atoms with Crippen molar-refractivity contribution in [3.8, 4) is 5.75 Å². The van der Waals surface area contributed by atoms with Crippen LogP contribution in [0.2, 0.25) is 0 Å². The fraction of sp³-hybridized carbons (Fsp3) is 0.353. The molecule has 1 amide bonds. The quantitative estimate of drug-likeness (QED) is 0.762. The third-order valence-corrected chi connectivity index (χ3v) is 6.96. The van der Waals surface area contributed by atoms with E-state index in [4.69, 9.17) is 4.74 Å². The summed E-state index contributed by atoms with van der Waals surface area (Å²) in [6, 6.07) is 10.5. The summed E-state index contributed by atoms with van der Waals surface area (Å²) in [6.45, 7) is 1.73. The Bertz CT molecular complexity index is 787. The zero-order chi connectivity index (χ0) is 18.4. The predicted octanol–water partition coefficient (Wildman–Crippen LogP) is 2.64. The number of rotatable bonds is 8. The van der Waals surface area contributed by atoms with E-state index in [9.17, 15) is 13.2 Å². The summed E-state index contributed by atoms with van der Waals surface area (Å²) in [5, 5.41) is 4.58. The Balaban J connectivity index is 2.02. The summed E-state index contributed by atoms with van der Waals surface area (Å²) >= 11 is 1.13. The van der Waals surface area contributed by atoms with Gasteiger partial charge in [-0.3, -0.25) is 4.79 Å². The van der Waals surface area contributed by atoms with Gasteiger partial charge in [0.25, 0.3) is 10.0 Å². The summed E-state index contributed by atoms with van der Waals surface area (Å²) in [6.07, 6.45) is 0.694. The molecule has 1 aromatic carbocycles. The molecule has 136 valence electrons. The van der Waals surface area contributed by atoms with Crippen LogP contribution in [0.25, 0.3) is 0 Å². The first kappa shape index (κ1) is 19.4. The lowest BCUT2D eigenvalue weighted by atomic mass is 10.0. The molecule has 1 atom stereocenters. The first-order valence-electron chi connectivity index (χ1n) is 7.81. The number of nitrogens with one attached hydrogen (secondary N) is 1. The first-order valence-corrected chi connectivity index (χ1v) is 10.1. The Morgan fingerprint density at radius 2 is 1.96 bits per heavy atom. The number of amides is 1. The van der Waals surface area contributed by atoms with Crippen molar-refractivity contribution in [2.75, 3.05) is 20.7 Å². The second-order valence-electron chi connectivity index (χ2n) is 5.49. The number of hydrogen-bond donors (Lipinski definition) is 1. The number of sulfonamides is 1. The number of thiophene rings is 1. The highest BCUT2D eigenvalue weighted by Crippen LogP contribution is 2.21. The molecule has 0 spiro atoms. The largest absolute Gasteiger partial charge is 0.497 e. The molecule has 0 aliphatic carbocycles. The topological polar surface area (TPSA) is 75.7 Å². The summed E-state index contributed by atoms with van der Waals surface area (Å²) in [5.74, 6) is 0.400. The number of benzene rings is 1. The molecule has 2 aromatic rings. The number of hydrogen-bond acceptors (Lipinski definition) is 5. The number of likely N-dealkylation sites (N-methyl/N-ethyl adjacent to an activating group) is 1. The van der Waals surface area contributed by atoms with Gasteiger partial charge in [0.05, 0.1) is 19.7 Å². The molecule has 0 radical (unpaired) electrons. The van der Waals surface area contributed by atoms with Gasteiger partial charge in [-0.25, -0.2) is 8.42 Å². The molecule has 1 unspecified atom stereocenters. The number of carbonyl (C=O) groups is 1. The minimum atomic E-state index is -3.63. The number of nitrogens with zero attached hydrogens (tertiary/aromatic N) is 1. The van der Waals surface area contributed by atoms with Crippen molar-refractivity contribution in [2.24, 2.45) is 0 Å². The van der Waals surface area contributed by atoms with Crippen LogP contribution < -0.4 is 10.1 Å². The van der Waals surface area contributed by atoms with Gasteiger partial charge in [-0.05, 0) is 35.6 Å². The van der Waals surface area contributed by atoms with Crippen molar-refractivity contribution in [1.29, 1.82) is 0 Å². The van der Waals surface area contributed by atoms with Gasteiger partial charge in [-0.15, -0.1) is 11.3 Å². The van der Waals surface area contributed by atoms with Crippen LogP contribution in [-0.2, 0) is 14.8 Å². The highest BCUT2D eigenvalue weighted by molar-refractivity contribution is 7.91. The monoisotopic (exact) mass is 382 g/mol. The average Bonchev–Trinajstić information content (AvgIpc) is 3.15. The van der Waals surface area contributed by atoms with E-state index in [0.29, 0.717) is 6.42 Å². The van der Waals surface area contributed by atoms with Crippen molar-refractivity contribution in [3.05, 3.63) is 47.3 Å². The molecule has 0 fully saturated rings. The van der Waals surface area contributed by atoms with E-state index in [1.807, 2.05) is 31.2 Å². The molecule has 0 aliphatic rings. The molecule has 6 nitrogen and oxygen atoms in total. The van der Waals surface area contributed by atoms with E-state index >= 15 is 0 Å². The molecule has 8 heteroatoms. The average molecular weight is 383 g/mol. The van der Waals surface area contributed by atoms with Crippen molar-refractivity contribution in [3.63, 3.8) is 0 Å². The van der Waals surface area contributed by atoms with Crippen molar-refractivity contribution < 1.29 is 17.9 Å². The van der Waals surface area contributed by atoms with Crippen LogP contribution in [0.1, 0.15) is 24.9 Å². The Kier molecular flexibility index (Phi) is 6.57. The molecule has 1 heterocycles. The third kappa shape index (κ3) is 4.81. The van der Waals surface area contributed by atoms with Crippen molar-refractivity contribution in [1.82, 2.24) is 9.62 Å². The van der Waals surface area contributed by atoms with E-state index in [1.165, 1.54) is 13.1 Å². The van der Waals surface area contributed by atoms with Gasteiger partial charge in [0.2, 0.25) is 5.91 Å². The van der Waals surface area contributed by atoms with Gasteiger partial charge in [0.1, 0.15) is 9.96 Å². The molecular formula is C17H22N2O4S2. The zero-order valence-corrected chi connectivity index (χ0v) is 16.1. The lowest BCUT2D eigenvalue weighted by molar-refractivity contribution is -0.121. The number of methoxy groups -OCH3 is 1. The number of ether oxygens (including phenoxy) is 1. The summed E-state index contributed by atoms with van der Waals surface area (Å²) < 4.78 is 31.2. The zero-order valence-electron chi connectivity index (χ0n) is 14.4. The van der Waals surface area contributed by atoms with Crippen LogP contribution in [0.3, 0.4) is 0 Å². The smallest absolute Gasteiger partial charge is 0.252 e. The molecule has 0 saturated carbocycles. The SMILES string of the molecule is CCC(NC(=O)CN(C)S(=O)(=O)c1cccs1)c1ccc(OC)cc1. The van der Waals surface area contributed by atoms with Gasteiger partial charge >= 0.3 is 0 Å². The molecule has 25 heavy (non-hydrogen) atoms. The second-order valence-corrected chi connectivity index (χ2v) is 8.71. The molecule has 1 N–H and O–H groups in total. The lowest BCUT2D eigenvalue weighted by Crippen LogP contribution is -2.39. The van der Waals surface area contributed by atoms with Crippen LogP contribution in [0.4, 0.5) is 0 Å². The van der Waals surface area contributed by atoms with Crippen molar-refractivity contribution in [2.45, 2.75) is 23.6 Å². The second kappa shape index (κ2) is 8.46. The molecule has 2 rings (SSSR count). The fourth-order valence-corrected chi connectivity index (χ4v) is 4.68. The maximum absolute atomic E-state index is 12.4. The van der Waals surface area contributed by atoms with E-state index in [2.05, 4.69) is 5.32 Å². The van der Waals surface area contributed by atoms with Crippen LogP contribution in [0.5, 0.6) is 5.75 Å². The predicted molar refractivity (Wildman–Crippen MR) is 98.3 cm³/mol. The Morgan fingerprint density at radius 1 is 1.28 bits per heavy atom. The van der Waals surface area contributed by atoms with Crippen LogP contribution in [-0.4, -0.2) is 39.3 Å². The van der Waals surface area contributed by atoms with Gasteiger partial charge in [-0.2, -0.15) is 4.31 Å². The third-order valence-electron chi connectivity index (χ3n) is 3.79. The Hall–Kier alpha value is -1.90. The van der Waals surface area contributed by atoms with Gasteiger partial charge in [0.15, 0.2) is 0 Å². The van der Waals surface area contributed by atoms with Crippen LogP contribution in [0.15, 0.2) is 46.0 Å². The molecule has 0 saturated heterocycles. The molecule has 0 bridgehead atoms. The first-order chi connectivity index (χ1) is 11.9. The maximum atomic E-state index is 12.4. The normalized spacial score (nSPS) is 12.8. The van der Waals surface area contributed by atoms with Crippen LogP contribution in [0, 0.1) is 0 Å². The molecule has 0 aliphatic heterocycles. The van der Waals surface area contributed by atoms with Crippen molar-refractivity contribution >= 4 is 27.3 Å². The molecular weight excluding hydrogens is 360 g/mol. The fourth-order valence-electron chi connectivity index (χ4n) is 2.35. The van der Waals surface area contributed by atoms with Gasteiger partial charge < -0.3 is 10.1 Å².